The number of primary amides is 1. The quantitative estimate of drug-likeness (QED) is 0.775. The van der Waals surface area contributed by atoms with E-state index in [0.717, 1.165) is 27.1 Å². The lowest BCUT2D eigenvalue weighted by atomic mass is 10.0. The van der Waals surface area contributed by atoms with E-state index in [1.54, 1.807) is 24.5 Å². The molecule has 1 amide bonds. The Morgan fingerprint density at radius 3 is 2.80 bits per heavy atom. The molecule has 3 aromatic rings. The van der Waals surface area contributed by atoms with Crippen molar-refractivity contribution in [3.05, 3.63) is 40.9 Å². The van der Waals surface area contributed by atoms with E-state index in [4.69, 9.17) is 10.5 Å². The van der Waals surface area contributed by atoms with Crippen LogP contribution in [0.5, 0.6) is 5.75 Å². The highest BCUT2D eigenvalue weighted by Gasteiger charge is 2.18. The van der Waals surface area contributed by atoms with Gasteiger partial charge in [0.05, 0.1) is 17.3 Å². The van der Waals surface area contributed by atoms with Crippen LogP contribution in [0.1, 0.15) is 15.4 Å². The number of methoxy groups -OCH3 is 1. The van der Waals surface area contributed by atoms with Gasteiger partial charge in [-0.15, -0.1) is 11.3 Å². The molecule has 0 radical (unpaired) electrons. The molecule has 0 atom stereocenters. The van der Waals surface area contributed by atoms with Gasteiger partial charge in [-0.3, -0.25) is 4.79 Å². The fourth-order valence-corrected chi connectivity index (χ4v) is 3.48. The minimum Gasteiger partial charge on any atom is -0.496 e. The van der Waals surface area contributed by atoms with Gasteiger partial charge in [-0.25, -0.2) is 0 Å². The van der Waals surface area contributed by atoms with Crippen LogP contribution in [0.4, 0.5) is 0 Å². The molecule has 102 valence electrons. The van der Waals surface area contributed by atoms with Crippen molar-refractivity contribution >= 4 is 27.5 Å². The van der Waals surface area contributed by atoms with Gasteiger partial charge in [0.15, 0.2) is 0 Å². The Kier molecular flexibility index (Phi) is 2.99. The molecule has 3 N–H and O–H groups in total. The van der Waals surface area contributed by atoms with E-state index in [1.165, 1.54) is 4.88 Å². The lowest BCUT2D eigenvalue weighted by Crippen LogP contribution is -2.10. The molecule has 0 unspecified atom stereocenters. The summed E-state index contributed by atoms with van der Waals surface area (Å²) in [7, 11) is 1.65. The summed E-state index contributed by atoms with van der Waals surface area (Å²) in [5, 5.41) is 0. The summed E-state index contributed by atoms with van der Waals surface area (Å²) in [5.74, 6) is 0.363. The third-order valence-electron chi connectivity index (χ3n) is 3.29. The van der Waals surface area contributed by atoms with Gasteiger partial charge in [-0.05, 0) is 19.1 Å². The van der Waals surface area contributed by atoms with Crippen LogP contribution in [0.2, 0.25) is 0 Å². The third-order valence-corrected chi connectivity index (χ3v) is 4.34. The fourth-order valence-electron chi connectivity index (χ4n) is 2.40. The summed E-state index contributed by atoms with van der Waals surface area (Å²) in [6.07, 6.45) is 0. The normalized spacial score (nSPS) is 10.9. The second-order valence-corrected chi connectivity index (χ2v) is 5.78. The lowest BCUT2D eigenvalue weighted by molar-refractivity contribution is 0.0996. The number of carbonyl (C=O) groups is 1. The van der Waals surface area contributed by atoms with E-state index in [1.807, 2.05) is 24.3 Å². The highest BCUT2D eigenvalue weighted by molar-refractivity contribution is 7.19. The highest BCUT2D eigenvalue weighted by Crippen LogP contribution is 2.41. The molecular formula is C15H14N2O2S. The van der Waals surface area contributed by atoms with E-state index in [-0.39, 0.29) is 0 Å². The number of nitrogens with two attached hydrogens (primary N) is 1. The Balaban J connectivity index is 2.29. The number of aryl methyl sites for hydroxylation is 1. The molecule has 0 saturated heterocycles. The number of rotatable bonds is 3. The van der Waals surface area contributed by atoms with Gasteiger partial charge in [0.25, 0.3) is 5.91 Å². The Morgan fingerprint density at radius 2 is 2.10 bits per heavy atom. The maximum absolute atomic E-state index is 11.3. The van der Waals surface area contributed by atoms with Crippen LogP contribution in [-0.2, 0) is 0 Å². The molecule has 20 heavy (non-hydrogen) atoms. The number of nitrogens with one attached hydrogen (secondary N) is 1. The van der Waals surface area contributed by atoms with Crippen molar-refractivity contribution < 1.29 is 9.53 Å². The zero-order valence-corrected chi connectivity index (χ0v) is 12.0. The van der Waals surface area contributed by atoms with Crippen LogP contribution >= 0.6 is 11.3 Å². The summed E-state index contributed by atoms with van der Waals surface area (Å²) >= 11 is 1.64. The monoisotopic (exact) mass is 286 g/mol. The minimum atomic E-state index is -0.447. The molecule has 4 nitrogen and oxygen atoms in total. The van der Waals surface area contributed by atoms with Crippen LogP contribution in [0.25, 0.3) is 21.3 Å². The molecular weight excluding hydrogens is 272 g/mol. The van der Waals surface area contributed by atoms with E-state index < -0.39 is 5.91 Å². The maximum atomic E-state index is 11.3. The first-order valence-electron chi connectivity index (χ1n) is 6.17. The van der Waals surface area contributed by atoms with E-state index in [0.29, 0.717) is 5.69 Å². The highest BCUT2D eigenvalue weighted by atomic mass is 32.1. The molecule has 0 aliphatic rings. The van der Waals surface area contributed by atoms with Gasteiger partial charge in [0, 0.05) is 16.0 Å². The van der Waals surface area contributed by atoms with Crippen molar-refractivity contribution in [2.45, 2.75) is 6.92 Å². The second-order valence-electron chi connectivity index (χ2n) is 4.52. The molecule has 0 fully saturated rings. The molecule has 0 aliphatic heterocycles. The first-order chi connectivity index (χ1) is 9.61. The summed E-state index contributed by atoms with van der Waals surface area (Å²) in [6, 6.07) is 9.64. The maximum Gasteiger partial charge on any atom is 0.265 e. The number of thiophene rings is 1. The molecule has 0 aliphatic carbocycles. The van der Waals surface area contributed by atoms with E-state index >= 15 is 0 Å². The molecule has 0 saturated carbocycles. The molecule has 0 bridgehead atoms. The molecule has 0 spiro atoms. The molecule has 2 heterocycles. The molecule has 5 heteroatoms. The Bertz CT molecular complexity index is 801. The van der Waals surface area contributed by atoms with Crippen LogP contribution < -0.4 is 10.5 Å². The van der Waals surface area contributed by atoms with E-state index in [9.17, 15) is 4.79 Å². The SMILES string of the molecule is COc1ccccc1-c1c(C)sc2cc(C(N)=O)[nH]c12. The van der Waals surface area contributed by atoms with Gasteiger partial charge >= 0.3 is 0 Å². The average Bonchev–Trinajstić information content (AvgIpc) is 2.95. The number of para-hydroxylation sites is 1. The number of carbonyl (C=O) groups excluding carboxylic acids is 1. The predicted molar refractivity (Wildman–Crippen MR) is 81.4 cm³/mol. The van der Waals surface area contributed by atoms with Crippen LogP contribution in [0.15, 0.2) is 30.3 Å². The lowest BCUT2D eigenvalue weighted by Gasteiger charge is -2.08. The number of amides is 1. The number of hydrogen-bond donors (Lipinski definition) is 2. The number of fused-ring (bicyclic) bond motifs is 1. The van der Waals surface area contributed by atoms with Crippen molar-refractivity contribution in [2.24, 2.45) is 5.73 Å². The van der Waals surface area contributed by atoms with Gasteiger partial charge in [0.1, 0.15) is 11.4 Å². The van der Waals surface area contributed by atoms with Crippen molar-refractivity contribution in [2.75, 3.05) is 7.11 Å². The van der Waals surface area contributed by atoms with Crippen LogP contribution in [0, 0.1) is 6.92 Å². The minimum absolute atomic E-state index is 0.433. The van der Waals surface area contributed by atoms with E-state index in [2.05, 4.69) is 11.9 Å². The molecule has 3 rings (SSSR count). The molecule has 2 aromatic heterocycles. The van der Waals surface area contributed by atoms with Gasteiger partial charge in [0.2, 0.25) is 0 Å². The van der Waals surface area contributed by atoms with Crippen molar-refractivity contribution in [1.82, 2.24) is 4.98 Å². The van der Waals surface area contributed by atoms with Crippen LogP contribution in [0.3, 0.4) is 0 Å². The first kappa shape index (κ1) is 12.7. The Labute approximate surface area is 120 Å². The second kappa shape index (κ2) is 4.68. The largest absolute Gasteiger partial charge is 0.496 e. The average molecular weight is 286 g/mol. The summed E-state index contributed by atoms with van der Waals surface area (Å²) in [5.41, 5.74) is 8.77. The predicted octanol–water partition coefficient (Wildman–Crippen LogP) is 3.31. The fraction of sp³-hybridized carbons (Fsp3) is 0.133. The van der Waals surface area contributed by atoms with Gasteiger partial charge < -0.3 is 15.5 Å². The summed E-state index contributed by atoms with van der Waals surface area (Å²) in [6.45, 7) is 2.06. The topological polar surface area (TPSA) is 68.1 Å². The third kappa shape index (κ3) is 1.87. The standard InChI is InChI=1S/C15H14N2O2S/c1-8-13(9-5-3-4-6-11(9)19-2)14-12(20-8)7-10(17-14)15(16)18/h3-7,17H,1-2H3,(H2,16,18). The number of ether oxygens (including phenoxy) is 1. The summed E-state index contributed by atoms with van der Waals surface area (Å²) in [4.78, 5) is 15.6. The zero-order chi connectivity index (χ0) is 14.3. The van der Waals surface area contributed by atoms with Crippen LogP contribution in [-0.4, -0.2) is 18.0 Å². The van der Waals surface area contributed by atoms with Crippen molar-refractivity contribution in [1.29, 1.82) is 0 Å². The van der Waals surface area contributed by atoms with Crippen molar-refractivity contribution in [3.63, 3.8) is 0 Å². The number of benzene rings is 1. The smallest absolute Gasteiger partial charge is 0.265 e. The van der Waals surface area contributed by atoms with Crippen molar-refractivity contribution in [3.8, 4) is 16.9 Å². The first-order valence-corrected chi connectivity index (χ1v) is 6.98. The molecule has 1 aromatic carbocycles. The Hall–Kier alpha value is -2.27. The number of hydrogen-bond acceptors (Lipinski definition) is 3. The van der Waals surface area contributed by atoms with Gasteiger partial charge in [-0.1, -0.05) is 18.2 Å². The summed E-state index contributed by atoms with van der Waals surface area (Å²) < 4.78 is 6.45. The number of aromatic amines is 1. The Morgan fingerprint density at radius 1 is 1.35 bits per heavy atom. The van der Waals surface area contributed by atoms with Gasteiger partial charge in [-0.2, -0.15) is 0 Å². The zero-order valence-electron chi connectivity index (χ0n) is 11.2. The number of aromatic nitrogens is 1. The number of H-pyrrole nitrogens is 1.